The summed E-state index contributed by atoms with van der Waals surface area (Å²) in [4.78, 5) is 13.2. The summed E-state index contributed by atoms with van der Waals surface area (Å²) in [6, 6.07) is 9.62. The van der Waals surface area contributed by atoms with Crippen molar-refractivity contribution in [2.75, 3.05) is 11.9 Å². The van der Waals surface area contributed by atoms with Gasteiger partial charge in [-0.05, 0) is 48.7 Å². The lowest BCUT2D eigenvalue weighted by Gasteiger charge is -2.18. The molecule has 5 heteroatoms. The molecular weight excluding hydrogens is 292 g/mol. The van der Waals surface area contributed by atoms with E-state index in [1.807, 2.05) is 30.3 Å². The Kier molecular flexibility index (Phi) is 3.94. The van der Waals surface area contributed by atoms with E-state index in [1.54, 1.807) is 0 Å². The SMILES string of the molecule is O=C(NCc1ccc(Cl)s1)c1ccc2c(c1)CCCN2. The minimum Gasteiger partial charge on any atom is -0.385 e. The van der Waals surface area contributed by atoms with Crippen LogP contribution in [0.25, 0.3) is 0 Å². The van der Waals surface area contributed by atoms with Gasteiger partial charge in [0.05, 0.1) is 10.9 Å². The molecular formula is C15H15ClN2OS. The summed E-state index contributed by atoms with van der Waals surface area (Å²) < 4.78 is 0.745. The third-order valence-corrected chi connectivity index (χ3v) is 4.59. The zero-order valence-electron chi connectivity index (χ0n) is 10.9. The Labute approximate surface area is 127 Å². The standard InChI is InChI=1S/C15H15ClN2OS/c16-14-6-4-12(20-14)9-18-15(19)11-3-5-13-10(8-11)2-1-7-17-13/h3-6,8,17H,1-2,7,9H2,(H,18,19). The largest absolute Gasteiger partial charge is 0.385 e. The van der Waals surface area contributed by atoms with Crippen LogP contribution in [0.5, 0.6) is 0 Å². The molecule has 0 bridgehead atoms. The van der Waals surface area contributed by atoms with Gasteiger partial charge in [-0.3, -0.25) is 4.79 Å². The van der Waals surface area contributed by atoms with E-state index in [1.165, 1.54) is 16.9 Å². The topological polar surface area (TPSA) is 41.1 Å². The summed E-state index contributed by atoms with van der Waals surface area (Å²) >= 11 is 7.36. The fraction of sp³-hybridized carbons (Fsp3) is 0.267. The van der Waals surface area contributed by atoms with Crippen LogP contribution < -0.4 is 10.6 Å². The van der Waals surface area contributed by atoms with E-state index in [9.17, 15) is 4.79 Å². The number of carbonyl (C=O) groups excluding carboxylic acids is 1. The average molecular weight is 307 g/mol. The Balaban J connectivity index is 1.67. The van der Waals surface area contributed by atoms with Crippen LogP contribution in [0.2, 0.25) is 4.34 Å². The highest BCUT2D eigenvalue weighted by molar-refractivity contribution is 7.16. The van der Waals surface area contributed by atoms with Gasteiger partial charge < -0.3 is 10.6 Å². The number of aryl methyl sites for hydroxylation is 1. The van der Waals surface area contributed by atoms with E-state index in [-0.39, 0.29) is 5.91 Å². The molecule has 0 fully saturated rings. The summed E-state index contributed by atoms with van der Waals surface area (Å²) in [5.41, 5.74) is 3.09. The fourth-order valence-electron chi connectivity index (χ4n) is 2.33. The van der Waals surface area contributed by atoms with Gasteiger partial charge in [-0.2, -0.15) is 0 Å². The van der Waals surface area contributed by atoms with Crippen LogP contribution in [0, 0.1) is 0 Å². The van der Waals surface area contributed by atoms with E-state index in [2.05, 4.69) is 10.6 Å². The Morgan fingerprint density at radius 1 is 1.35 bits per heavy atom. The Bertz CT molecular complexity index is 639. The smallest absolute Gasteiger partial charge is 0.251 e. The molecule has 0 saturated heterocycles. The highest BCUT2D eigenvalue weighted by Gasteiger charge is 2.12. The minimum atomic E-state index is -0.0390. The van der Waals surface area contributed by atoms with Gasteiger partial charge in [0.25, 0.3) is 5.91 Å². The molecule has 104 valence electrons. The molecule has 1 aliphatic rings. The molecule has 2 heterocycles. The van der Waals surface area contributed by atoms with Crippen molar-refractivity contribution >= 4 is 34.5 Å². The molecule has 0 radical (unpaired) electrons. The van der Waals surface area contributed by atoms with Gasteiger partial charge >= 0.3 is 0 Å². The van der Waals surface area contributed by atoms with Gasteiger partial charge in [0.2, 0.25) is 0 Å². The number of hydrogen-bond acceptors (Lipinski definition) is 3. The number of benzene rings is 1. The maximum absolute atomic E-state index is 12.2. The fourth-order valence-corrected chi connectivity index (χ4v) is 3.36. The number of rotatable bonds is 3. The van der Waals surface area contributed by atoms with Crippen LogP contribution in [-0.4, -0.2) is 12.5 Å². The van der Waals surface area contributed by atoms with Gasteiger partial charge in [0, 0.05) is 22.7 Å². The maximum atomic E-state index is 12.2. The maximum Gasteiger partial charge on any atom is 0.251 e. The van der Waals surface area contributed by atoms with E-state index in [4.69, 9.17) is 11.6 Å². The van der Waals surface area contributed by atoms with Gasteiger partial charge in [-0.25, -0.2) is 0 Å². The highest BCUT2D eigenvalue weighted by Crippen LogP contribution is 2.23. The zero-order valence-corrected chi connectivity index (χ0v) is 12.5. The number of hydrogen-bond donors (Lipinski definition) is 2. The number of halogens is 1. The summed E-state index contributed by atoms with van der Waals surface area (Å²) in [5, 5.41) is 6.27. The van der Waals surface area contributed by atoms with Gasteiger partial charge in [0.1, 0.15) is 0 Å². The Hall–Kier alpha value is -1.52. The van der Waals surface area contributed by atoms with Crippen LogP contribution in [0.15, 0.2) is 30.3 Å². The number of anilines is 1. The first-order valence-electron chi connectivity index (χ1n) is 6.61. The molecule has 0 aliphatic carbocycles. The van der Waals surface area contributed by atoms with Gasteiger partial charge in [-0.1, -0.05) is 11.6 Å². The van der Waals surface area contributed by atoms with E-state index < -0.39 is 0 Å². The normalized spacial score (nSPS) is 13.4. The van der Waals surface area contributed by atoms with E-state index in [0.717, 1.165) is 39.9 Å². The van der Waals surface area contributed by atoms with Crippen LogP contribution in [0.3, 0.4) is 0 Å². The predicted octanol–water partition coefficient (Wildman–Crippen LogP) is 3.69. The molecule has 0 spiro atoms. The molecule has 0 saturated carbocycles. The van der Waals surface area contributed by atoms with Crippen molar-refractivity contribution in [3.63, 3.8) is 0 Å². The number of carbonyl (C=O) groups is 1. The third-order valence-electron chi connectivity index (χ3n) is 3.36. The lowest BCUT2D eigenvalue weighted by atomic mass is 10.0. The van der Waals surface area contributed by atoms with Crippen LogP contribution in [0.4, 0.5) is 5.69 Å². The molecule has 1 aromatic heterocycles. The summed E-state index contributed by atoms with van der Waals surface area (Å²) in [5.74, 6) is -0.0390. The minimum absolute atomic E-state index is 0.0390. The second kappa shape index (κ2) is 5.85. The predicted molar refractivity (Wildman–Crippen MR) is 83.8 cm³/mol. The highest BCUT2D eigenvalue weighted by atomic mass is 35.5. The summed E-state index contributed by atoms with van der Waals surface area (Å²) in [6.07, 6.45) is 2.15. The molecule has 2 aromatic rings. The lowest BCUT2D eigenvalue weighted by molar-refractivity contribution is 0.0951. The lowest BCUT2D eigenvalue weighted by Crippen LogP contribution is -2.23. The van der Waals surface area contributed by atoms with Crippen molar-refractivity contribution in [3.8, 4) is 0 Å². The molecule has 1 aliphatic heterocycles. The second-order valence-corrected chi connectivity index (χ2v) is 6.59. The molecule has 0 unspecified atom stereocenters. The van der Waals surface area contributed by atoms with Crippen LogP contribution >= 0.6 is 22.9 Å². The number of amides is 1. The van der Waals surface area contributed by atoms with E-state index in [0.29, 0.717) is 6.54 Å². The molecule has 2 N–H and O–H groups in total. The van der Waals surface area contributed by atoms with Crippen molar-refractivity contribution < 1.29 is 4.79 Å². The van der Waals surface area contributed by atoms with Crippen molar-refractivity contribution in [2.45, 2.75) is 19.4 Å². The number of thiophene rings is 1. The Morgan fingerprint density at radius 3 is 3.05 bits per heavy atom. The van der Waals surface area contributed by atoms with Gasteiger partial charge in [0.15, 0.2) is 0 Å². The first-order valence-corrected chi connectivity index (χ1v) is 7.81. The quantitative estimate of drug-likeness (QED) is 0.908. The number of fused-ring (bicyclic) bond motifs is 1. The van der Waals surface area contributed by atoms with Crippen LogP contribution in [0.1, 0.15) is 27.2 Å². The van der Waals surface area contributed by atoms with E-state index >= 15 is 0 Å². The third kappa shape index (κ3) is 2.97. The van der Waals surface area contributed by atoms with Crippen LogP contribution in [-0.2, 0) is 13.0 Å². The van der Waals surface area contributed by atoms with Crippen molar-refractivity contribution in [1.29, 1.82) is 0 Å². The average Bonchev–Trinajstić information content (AvgIpc) is 2.90. The first-order chi connectivity index (χ1) is 9.72. The molecule has 3 nitrogen and oxygen atoms in total. The molecule has 1 aromatic carbocycles. The summed E-state index contributed by atoms with van der Waals surface area (Å²) in [6.45, 7) is 1.53. The Morgan fingerprint density at radius 2 is 2.25 bits per heavy atom. The zero-order chi connectivity index (χ0) is 13.9. The van der Waals surface area contributed by atoms with Crippen molar-refractivity contribution in [2.24, 2.45) is 0 Å². The summed E-state index contributed by atoms with van der Waals surface area (Å²) in [7, 11) is 0. The number of nitrogens with one attached hydrogen (secondary N) is 2. The monoisotopic (exact) mass is 306 g/mol. The van der Waals surface area contributed by atoms with Crippen molar-refractivity contribution in [1.82, 2.24) is 5.32 Å². The van der Waals surface area contributed by atoms with Crippen molar-refractivity contribution in [3.05, 3.63) is 50.7 Å². The van der Waals surface area contributed by atoms with Gasteiger partial charge in [-0.15, -0.1) is 11.3 Å². The molecule has 0 atom stereocenters. The molecule has 3 rings (SSSR count). The first kappa shape index (κ1) is 13.5. The second-order valence-electron chi connectivity index (χ2n) is 4.79. The molecule has 20 heavy (non-hydrogen) atoms. The molecule has 1 amide bonds.